The summed E-state index contributed by atoms with van der Waals surface area (Å²) in [6.45, 7) is 1.73. The molecule has 3 rings (SSSR count). The highest BCUT2D eigenvalue weighted by Gasteiger charge is 2.08. The lowest BCUT2D eigenvalue weighted by molar-refractivity contribution is 0.102. The van der Waals surface area contributed by atoms with Crippen LogP contribution in [0.2, 0.25) is 0 Å². The summed E-state index contributed by atoms with van der Waals surface area (Å²) in [6.07, 6.45) is 1.41. The van der Waals surface area contributed by atoms with Crippen molar-refractivity contribution in [1.82, 2.24) is 15.0 Å². The molecule has 0 saturated carbocycles. The number of nitrogens with one attached hydrogen (secondary N) is 3. The summed E-state index contributed by atoms with van der Waals surface area (Å²) < 4.78 is 0. The molecule has 0 atom stereocenters. The van der Waals surface area contributed by atoms with Gasteiger partial charge in [0.25, 0.3) is 11.5 Å². The van der Waals surface area contributed by atoms with Crippen LogP contribution in [0, 0.1) is 6.92 Å². The number of rotatable bonds is 3. The molecule has 0 aliphatic heterocycles. The van der Waals surface area contributed by atoms with Crippen LogP contribution in [0.4, 0.5) is 5.69 Å². The Hall–Kier alpha value is -3.48. The van der Waals surface area contributed by atoms with E-state index in [4.69, 9.17) is 0 Å². The quantitative estimate of drug-likeness (QED) is 0.682. The van der Waals surface area contributed by atoms with Crippen molar-refractivity contribution in [3.05, 3.63) is 80.6 Å². The maximum absolute atomic E-state index is 12.2. The van der Waals surface area contributed by atoms with Crippen molar-refractivity contribution in [2.45, 2.75) is 6.92 Å². The molecule has 2 aromatic heterocycles. The monoisotopic (exact) mass is 322 g/mol. The fourth-order valence-electron chi connectivity index (χ4n) is 2.24. The topological polar surface area (TPSA) is 108 Å². The Bertz CT molecular complexity index is 1020. The second kappa shape index (κ2) is 6.33. The molecule has 24 heavy (non-hydrogen) atoms. The highest BCUT2D eigenvalue weighted by Crippen LogP contribution is 2.19. The first kappa shape index (κ1) is 15.4. The van der Waals surface area contributed by atoms with Crippen molar-refractivity contribution in [2.24, 2.45) is 0 Å². The number of anilines is 1. The van der Waals surface area contributed by atoms with Crippen LogP contribution >= 0.6 is 0 Å². The third kappa shape index (κ3) is 3.46. The number of aryl methyl sites for hydroxylation is 1. The minimum Gasteiger partial charge on any atom is -0.357 e. The molecule has 3 aromatic rings. The van der Waals surface area contributed by atoms with E-state index < -0.39 is 5.91 Å². The van der Waals surface area contributed by atoms with Gasteiger partial charge in [0.1, 0.15) is 11.5 Å². The zero-order valence-corrected chi connectivity index (χ0v) is 12.8. The molecule has 3 N–H and O–H groups in total. The van der Waals surface area contributed by atoms with Crippen LogP contribution in [0.3, 0.4) is 0 Å². The summed E-state index contributed by atoms with van der Waals surface area (Å²) in [7, 11) is 0. The number of carbonyl (C=O) groups is 1. The van der Waals surface area contributed by atoms with Crippen molar-refractivity contribution < 1.29 is 4.79 Å². The highest BCUT2D eigenvalue weighted by molar-refractivity contribution is 6.03. The van der Waals surface area contributed by atoms with Crippen LogP contribution in [0.15, 0.2) is 58.3 Å². The molecule has 0 spiro atoms. The number of hydrogen-bond acceptors (Lipinski definition) is 4. The summed E-state index contributed by atoms with van der Waals surface area (Å²) in [5.41, 5.74) is 1.45. The maximum Gasteiger partial charge on any atom is 0.272 e. The maximum atomic E-state index is 12.2. The second-order valence-electron chi connectivity index (χ2n) is 5.21. The first-order valence-corrected chi connectivity index (χ1v) is 7.20. The van der Waals surface area contributed by atoms with Gasteiger partial charge in [-0.15, -0.1) is 0 Å². The lowest BCUT2D eigenvalue weighted by Gasteiger charge is -2.07. The van der Waals surface area contributed by atoms with Gasteiger partial charge in [0, 0.05) is 41.3 Å². The first-order chi connectivity index (χ1) is 11.5. The molecule has 1 amide bonds. The number of carbonyl (C=O) groups excluding carboxylic acids is 1. The van der Waals surface area contributed by atoms with Crippen LogP contribution in [0.1, 0.15) is 16.2 Å². The zero-order chi connectivity index (χ0) is 17.1. The molecular formula is C17H14N4O3. The number of pyridine rings is 1. The lowest BCUT2D eigenvalue weighted by atomic mass is 10.2. The molecule has 120 valence electrons. The van der Waals surface area contributed by atoms with E-state index in [2.05, 4.69) is 20.3 Å². The van der Waals surface area contributed by atoms with Gasteiger partial charge in [-0.1, -0.05) is 12.1 Å². The van der Waals surface area contributed by atoms with E-state index in [1.165, 1.54) is 24.4 Å². The predicted molar refractivity (Wildman–Crippen MR) is 90.0 cm³/mol. The number of amides is 1. The molecular weight excluding hydrogens is 308 g/mol. The van der Waals surface area contributed by atoms with E-state index in [1.807, 2.05) is 0 Å². The van der Waals surface area contributed by atoms with Gasteiger partial charge in [0.15, 0.2) is 5.43 Å². The molecule has 7 heteroatoms. The average Bonchev–Trinajstić information content (AvgIpc) is 2.54. The molecule has 0 saturated heterocycles. The Kier molecular flexibility index (Phi) is 4.07. The van der Waals surface area contributed by atoms with Crippen LogP contribution in [0.5, 0.6) is 0 Å². The van der Waals surface area contributed by atoms with Gasteiger partial charge in [-0.05, 0) is 19.1 Å². The SMILES string of the molecule is Cc1cc(=O)[nH]c(-c2cccc(NC(=O)c3cc(=O)cc[nH]3)c2)n1. The van der Waals surface area contributed by atoms with E-state index in [0.717, 1.165) is 0 Å². The predicted octanol–water partition coefficient (Wildman–Crippen LogP) is 1.69. The van der Waals surface area contributed by atoms with Crippen LogP contribution in [-0.2, 0) is 0 Å². The molecule has 7 nitrogen and oxygen atoms in total. The standard InChI is InChI=1S/C17H14N4O3/c1-10-7-15(23)21-16(19-10)11-3-2-4-12(8-11)20-17(24)14-9-13(22)5-6-18-14/h2-9H,1H3,(H,18,22)(H,20,24)(H,19,21,23). The van der Waals surface area contributed by atoms with Crippen molar-refractivity contribution in [3.63, 3.8) is 0 Å². The summed E-state index contributed by atoms with van der Waals surface area (Å²) in [5.74, 6) is -0.0141. The highest BCUT2D eigenvalue weighted by atomic mass is 16.2. The third-order valence-corrected chi connectivity index (χ3v) is 3.28. The summed E-state index contributed by atoms with van der Waals surface area (Å²) >= 11 is 0. The van der Waals surface area contributed by atoms with Crippen molar-refractivity contribution in [2.75, 3.05) is 5.32 Å². The van der Waals surface area contributed by atoms with Crippen LogP contribution in [0.25, 0.3) is 11.4 Å². The first-order valence-electron chi connectivity index (χ1n) is 7.20. The summed E-state index contributed by atoms with van der Waals surface area (Å²) in [6, 6.07) is 10.9. The molecule has 1 aromatic carbocycles. The number of hydrogen-bond donors (Lipinski definition) is 3. The fraction of sp³-hybridized carbons (Fsp3) is 0.0588. The largest absolute Gasteiger partial charge is 0.357 e. The minimum absolute atomic E-state index is 0.162. The Morgan fingerprint density at radius 3 is 2.71 bits per heavy atom. The minimum atomic E-state index is -0.435. The van der Waals surface area contributed by atoms with Gasteiger partial charge in [0.2, 0.25) is 0 Å². The van der Waals surface area contributed by atoms with Gasteiger partial charge in [-0.2, -0.15) is 0 Å². The van der Waals surface area contributed by atoms with E-state index in [0.29, 0.717) is 22.8 Å². The third-order valence-electron chi connectivity index (χ3n) is 3.28. The Morgan fingerprint density at radius 2 is 1.96 bits per heavy atom. The Morgan fingerprint density at radius 1 is 1.12 bits per heavy atom. The van der Waals surface area contributed by atoms with Crippen molar-refractivity contribution in [3.8, 4) is 11.4 Å². The molecule has 0 bridgehead atoms. The number of nitrogens with zero attached hydrogens (tertiary/aromatic N) is 1. The number of H-pyrrole nitrogens is 2. The summed E-state index contributed by atoms with van der Waals surface area (Å²) in [5, 5.41) is 2.70. The van der Waals surface area contributed by atoms with Crippen LogP contribution < -0.4 is 16.3 Å². The molecule has 2 heterocycles. The van der Waals surface area contributed by atoms with Gasteiger partial charge in [-0.25, -0.2) is 4.98 Å². The van der Waals surface area contributed by atoms with Crippen molar-refractivity contribution in [1.29, 1.82) is 0 Å². The second-order valence-corrected chi connectivity index (χ2v) is 5.21. The number of aromatic nitrogens is 3. The van der Waals surface area contributed by atoms with Crippen LogP contribution in [-0.4, -0.2) is 20.9 Å². The van der Waals surface area contributed by atoms with E-state index in [-0.39, 0.29) is 16.7 Å². The van der Waals surface area contributed by atoms with Crippen molar-refractivity contribution >= 4 is 11.6 Å². The molecule has 0 aliphatic rings. The summed E-state index contributed by atoms with van der Waals surface area (Å²) in [4.78, 5) is 44.7. The molecule has 0 radical (unpaired) electrons. The Labute approximate surface area is 136 Å². The van der Waals surface area contributed by atoms with Gasteiger partial charge >= 0.3 is 0 Å². The van der Waals surface area contributed by atoms with Gasteiger partial charge in [-0.3, -0.25) is 14.4 Å². The number of benzene rings is 1. The fourth-order valence-corrected chi connectivity index (χ4v) is 2.24. The zero-order valence-electron chi connectivity index (χ0n) is 12.8. The molecule has 0 unspecified atom stereocenters. The van der Waals surface area contributed by atoms with Gasteiger partial charge < -0.3 is 15.3 Å². The smallest absolute Gasteiger partial charge is 0.272 e. The molecule has 0 fully saturated rings. The van der Waals surface area contributed by atoms with Gasteiger partial charge in [0.05, 0.1) is 0 Å². The van der Waals surface area contributed by atoms with E-state index in [9.17, 15) is 14.4 Å². The van der Waals surface area contributed by atoms with E-state index >= 15 is 0 Å². The van der Waals surface area contributed by atoms with E-state index in [1.54, 1.807) is 31.2 Å². The molecule has 0 aliphatic carbocycles. The Balaban J connectivity index is 1.89. The number of aromatic amines is 2. The average molecular weight is 322 g/mol. The lowest BCUT2D eigenvalue weighted by Crippen LogP contribution is -2.16. The normalized spacial score (nSPS) is 10.4.